The lowest BCUT2D eigenvalue weighted by atomic mass is 9.91. The first-order chi connectivity index (χ1) is 11.5. The highest BCUT2D eigenvalue weighted by molar-refractivity contribution is 8.00. The Bertz CT molecular complexity index is 736. The molecule has 3 heterocycles. The predicted octanol–water partition coefficient (Wildman–Crippen LogP) is 2.99. The lowest BCUT2D eigenvalue weighted by Gasteiger charge is -2.33. The first kappa shape index (κ1) is 17.6. The minimum absolute atomic E-state index is 0.194. The molecular weight excluding hydrogens is 340 g/mol. The summed E-state index contributed by atoms with van der Waals surface area (Å²) in [5.74, 6) is 1.17. The molecule has 7 heteroatoms. The van der Waals surface area contributed by atoms with Crippen LogP contribution in [0.25, 0.3) is 10.2 Å². The Hall–Kier alpha value is -1.18. The quantitative estimate of drug-likeness (QED) is 0.667. The summed E-state index contributed by atoms with van der Waals surface area (Å²) >= 11 is 3.21. The largest absolute Gasteiger partial charge is 0.342 e. The molecule has 2 aromatic heterocycles. The third-order valence-electron chi connectivity index (χ3n) is 4.90. The number of rotatable bonds is 4. The van der Waals surface area contributed by atoms with Gasteiger partial charge in [-0.15, -0.1) is 11.3 Å². The molecule has 1 fully saturated rings. The maximum absolute atomic E-state index is 12.5. The molecule has 0 saturated carbocycles. The summed E-state index contributed by atoms with van der Waals surface area (Å²) in [6.45, 7) is 7.90. The summed E-state index contributed by atoms with van der Waals surface area (Å²) in [4.78, 5) is 25.5. The standard InChI is InChI=1S/C17H24N4OS2/c1-10-12(3)24-17-15(10)16(19-9-20-17)23-8-14(22)21-6-4-13(5-7-21)11(2)18/h9,11,13H,4-8,18H2,1-3H3. The average molecular weight is 365 g/mol. The maximum Gasteiger partial charge on any atom is 0.232 e. The van der Waals surface area contributed by atoms with Gasteiger partial charge in [0, 0.05) is 29.4 Å². The highest BCUT2D eigenvalue weighted by Crippen LogP contribution is 2.34. The zero-order chi connectivity index (χ0) is 17.3. The Morgan fingerprint density at radius 3 is 2.79 bits per heavy atom. The smallest absolute Gasteiger partial charge is 0.232 e. The van der Waals surface area contributed by atoms with Crippen molar-refractivity contribution in [3.8, 4) is 0 Å². The number of piperidine rings is 1. The molecular formula is C17H24N4OS2. The van der Waals surface area contributed by atoms with Crippen LogP contribution in [0.15, 0.2) is 11.4 Å². The van der Waals surface area contributed by atoms with Gasteiger partial charge >= 0.3 is 0 Å². The van der Waals surface area contributed by atoms with Gasteiger partial charge in [-0.3, -0.25) is 4.79 Å². The van der Waals surface area contributed by atoms with Crippen LogP contribution in [0.2, 0.25) is 0 Å². The van der Waals surface area contributed by atoms with E-state index in [-0.39, 0.29) is 11.9 Å². The summed E-state index contributed by atoms with van der Waals surface area (Å²) in [6.07, 6.45) is 3.61. The molecule has 0 aromatic carbocycles. The van der Waals surface area contributed by atoms with Crippen molar-refractivity contribution in [1.82, 2.24) is 14.9 Å². The number of likely N-dealkylation sites (tertiary alicyclic amines) is 1. The normalized spacial score (nSPS) is 17.4. The summed E-state index contributed by atoms with van der Waals surface area (Å²) in [5.41, 5.74) is 7.20. The average Bonchev–Trinajstić information content (AvgIpc) is 2.88. The van der Waals surface area contributed by atoms with Gasteiger partial charge in [-0.05, 0) is 45.1 Å². The van der Waals surface area contributed by atoms with Gasteiger partial charge in [-0.2, -0.15) is 0 Å². The second kappa shape index (κ2) is 7.37. The van der Waals surface area contributed by atoms with E-state index in [2.05, 4.69) is 30.7 Å². The van der Waals surface area contributed by atoms with Gasteiger partial charge in [0.05, 0.1) is 5.75 Å². The second-order valence-electron chi connectivity index (χ2n) is 6.51. The highest BCUT2D eigenvalue weighted by Gasteiger charge is 2.25. The molecule has 130 valence electrons. The van der Waals surface area contributed by atoms with Crippen molar-refractivity contribution in [3.63, 3.8) is 0 Å². The summed E-state index contributed by atoms with van der Waals surface area (Å²) in [7, 11) is 0. The van der Waals surface area contributed by atoms with Crippen molar-refractivity contribution < 1.29 is 4.79 Å². The van der Waals surface area contributed by atoms with Gasteiger partial charge < -0.3 is 10.6 Å². The molecule has 0 aliphatic carbocycles. The minimum atomic E-state index is 0.194. The van der Waals surface area contributed by atoms with Crippen molar-refractivity contribution in [1.29, 1.82) is 0 Å². The number of nitrogens with zero attached hydrogens (tertiary/aromatic N) is 3. The molecule has 0 radical (unpaired) electrons. The van der Waals surface area contributed by atoms with Crippen LogP contribution in [0.4, 0.5) is 0 Å². The van der Waals surface area contributed by atoms with Gasteiger partial charge in [0.25, 0.3) is 0 Å². The van der Waals surface area contributed by atoms with Crippen LogP contribution in [-0.2, 0) is 4.79 Å². The second-order valence-corrected chi connectivity index (χ2v) is 8.68. The van der Waals surface area contributed by atoms with Crippen molar-refractivity contribution in [2.24, 2.45) is 11.7 Å². The van der Waals surface area contributed by atoms with E-state index in [0.29, 0.717) is 11.7 Å². The van der Waals surface area contributed by atoms with Crippen LogP contribution in [-0.4, -0.2) is 45.7 Å². The summed E-state index contributed by atoms with van der Waals surface area (Å²) in [5, 5.41) is 2.02. The predicted molar refractivity (Wildman–Crippen MR) is 101 cm³/mol. The number of aryl methyl sites for hydroxylation is 2. The number of hydrogen-bond donors (Lipinski definition) is 1. The fourth-order valence-electron chi connectivity index (χ4n) is 3.16. The molecule has 2 aromatic rings. The van der Waals surface area contributed by atoms with E-state index in [1.165, 1.54) is 22.2 Å². The fourth-order valence-corrected chi connectivity index (χ4v) is 5.18. The number of hydrogen-bond acceptors (Lipinski definition) is 6. The van der Waals surface area contributed by atoms with E-state index in [0.717, 1.165) is 41.2 Å². The molecule has 1 saturated heterocycles. The fraction of sp³-hybridized carbons (Fsp3) is 0.588. The molecule has 5 nitrogen and oxygen atoms in total. The Morgan fingerprint density at radius 1 is 1.42 bits per heavy atom. The molecule has 1 amide bonds. The zero-order valence-electron chi connectivity index (χ0n) is 14.4. The third kappa shape index (κ3) is 3.58. The molecule has 0 bridgehead atoms. The number of amides is 1. The van der Waals surface area contributed by atoms with Crippen LogP contribution in [0, 0.1) is 19.8 Å². The first-order valence-corrected chi connectivity index (χ1v) is 10.1. The summed E-state index contributed by atoms with van der Waals surface area (Å²) in [6, 6.07) is 0.218. The zero-order valence-corrected chi connectivity index (χ0v) is 16.0. The molecule has 1 unspecified atom stereocenters. The molecule has 2 N–H and O–H groups in total. The van der Waals surface area contributed by atoms with Crippen LogP contribution < -0.4 is 5.73 Å². The van der Waals surface area contributed by atoms with E-state index in [1.807, 2.05) is 4.90 Å². The van der Waals surface area contributed by atoms with Gasteiger partial charge in [0.15, 0.2) is 0 Å². The van der Waals surface area contributed by atoms with E-state index in [1.54, 1.807) is 17.7 Å². The van der Waals surface area contributed by atoms with Crippen molar-refractivity contribution in [3.05, 3.63) is 16.8 Å². The van der Waals surface area contributed by atoms with Crippen molar-refractivity contribution in [2.45, 2.75) is 44.7 Å². The van der Waals surface area contributed by atoms with E-state index >= 15 is 0 Å². The van der Waals surface area contributed by atoms with E-state index in [9.17, 15) is 4.79 Å². The summed E-state index contributed by atoms with van der Waals surface area (Å²) < 4.78 is 0. The lowest BCUT2D eigenvalue weighted by molar-refractivity contribution is -0.129. The van der Waals surface area contributed by atoms with Gasteiger partial charge in [0.2, 0.25) is 5.91 Å². The van der Waals surface area contributed by atoms with Crippen LogP contribution in [0.5, 0.6) is 0 Å². The number of fused-ring (bicyclic) bond motifs is 1. The Morgan fingerprint density at radius 2 is 2.12 bits per heavy atom. The molecule has 24 heavy (non-hydrogen) atoms. The Balaban J connectivity index is 1.63. The van der Waals surface area contributed by atoms with Gasteiger partial charge in [-0.25, -0.2) is 9.97 Å². The van der Waals surface area contributed by atoms with Crippen molar-refractivity contribution in [2.75, 3.05) is 18.8 Å². The van der Waals surface area contributed by atoms with Crippen LogP contribution in [0.1, 0.15) is 30.2 Å². The highest BCUT2D eigenvalue weighted by atomic mass is 32.2. The molecule has 1 atom stereocenters. The van der Waals surface area contributed by atoms with E-state index in [4.69, 9.17) is 5.73 Å². The Labute approximate surface area is 151 Å². The topological polar surface area (TPSA) is 72.1 Å². The number of aromatic nitrogens is 2. The monoisotopic (exact) mass is 364 g/mol. The minimum Gasteiger partial charge on any atom is -0.342 e. The van der Waals surface area contributed by atoms with Gasteiger partial charge in [-0.1, -0.05) is 11.8 Å². The SMILES string of the molecule is Cc1sc2ncnc(SCC(=O)N3CCC(C(C)N)CC3)c2c1C. The third-order valence-corrected chi connectivity index (χ3v) is 6.99. The van der Waals surface area contributed by atoms with Crippen LogP contribution in [0.3, 0.4) is 0 Å². The first-order valence-electron chi connectivity index (χ1n) is 8.34. The maximum atomic E-state index is 12.5. The Kier molecular flexibility index (Phi) is 5.42. The number of thioether (sulfide) groups is 1. The number of carbonyl (C=O) groups excluding carboxylic acids is 1. The lowest BCUT2D eigenvalue weighted by Crippen LogP contribution is -2.43. The van der Waals surface area contributed by atoms with Crippen molar-refractivity contribution >= 4 is 39.2 Å². The van der Waals surface area contributed by atoms with E-state index < -0.39 is 0 Å². The van der Waals surface area contributed by atoms with Gasteiger partial charge in [0.1, 0.15) is 16.2 Å². The molecule has 0 spiro atoms. The molecule has 1 aliphatic rings. The molecule has 3 rings (SSSR count). The molecule has 1 aliphatic heterocycles. The van der Waals surface area contributed by atoms with Crippen LogP contribution >= 0.6 is 23.1 Å². The number of nitrogens with two attached hydrogens (primary N) is 1. The number of carbonyl (C=O) groups is 1. The number of thiophene rings is 1.